The molecule has 1 saturated heterocycles. The van der Waals surface area contributed by atoms with E-state index < -0.39 is 0 Å². The molecule has 150 valence electrons. The molecule has 3 aromatic rings. The average Bonchev–Trinajstić information content (AvgIpc) is 3.09. The van der Waals surface area contributed by atoms with Crippen molar-refractivity contribution < 1.29 is 13.6 Å². The first-order chi connectivity index (χ1) is 14.0. The lowest BCUT2D eigenvalue weighted by Gasteiger charge is -2.36. The second-order valence-electron chi connectivity index (χ2n) is 7.39. The van der Waals surface area contributed by atoms with Crippen LogP contribution in [-0.2, 0) is 11.2 Å². The molecule has 0 N–H and O–H groups in total. The number of aryl methyl sites for hydroxylation is 2. The summed E-state index contributed by atoms with van der Waals surface area (Å²) in [6, 6.07) is 14.7. The van der Waals surface area contributed by atoms with Gasteiger partial charge in [0.25, 0.3) is 0 Å². The van der Waals surface area contributed by atoms with Gasteiger partial charge in [0.05, 0.1) is 17.8 Å². The molecule has 6 heteroatoms. The van der Waals surface area contributed by atoms with E-state index in [4.69, 9.17) is 4.42 Å². The maximum absolute atomic E-state index is 14.0. The topological polar surface area (TPSA) is 49.6 Å². The summed E-state index contributed by atoms with van der Waals surface area (Å²) in [5.74, 6) is 0.998. The minimum Gasteiger partial charge on any atom is -0.441 e. The summed E-state index contributed by atoms with van der Waals surface area (Å²) in [6.45, 7) is 6.21. The first-order valence-electron chi connectivity index (χ1n) is 9.82. The highest BCUT2D eigenvalue weighted by molar-refractivity contribution is 5.79. The van der Waals surface area contributed by atoms with E-state index in [1.807, 2.05) is 54.0 Å². The Morgan fingerprint density at radius 3 is 2.55 bits per heavy atom. The smallest absolute Gasteiger partial charge is 0.228 e. The summed E-state index contributed by atoms with van der Waals surface area (Å²) >= 11 is 0. The number of halogens is 1. The van der Waals surface area contributed by atoms with Crippen LogP contribution in [0.25, 0.3) is 11.5 Å². The predicted molar refractivity (Wildman–Crippen MR) is 110 cm³/mol. The van der Waals surface area contributed by atoms with Gasteiger partial charge in [-0.25, -0.2) is 9.37 Å². The highest BCUT2D eigenvalue weighted by Gasteiger charge is 2.24. The van der Waals surface area contributed by atoms with E-state index in [2.05, 4.69) is 4.98 Å². The van der Waals surface area contributed by atoms with E-state index in [1.165, 1.54) is 6.07 Å². The molecule has 1 aliphatic heterocycles. The zero-order valence-electron chi connectivity index (χ0n) is 16.7. The molecule has 0 radical (unpaired) electrons. The van der Waals surface area contributed by atoms with Crippen LogP contribution < -0.4 is 4.90 Å². The van der Waals surface area contributed by atoms with Crippen LogP contribution in [0.3, 0.4) is 0 Å². The molecule has 1 aromatic heterocycles. The maximum Gasteiger partial charge on any atom is 0.228 e. The Bertz CT molecular complexity index is 1020. The van der Waals surface area contributed by atoms with Crippen LogP contribution in [0.2, 0.25) is 0 Å². The van der Waals surface area contributed by atoms with Crippen LogP contribution in [0.4, 0.5) is 10.1 Å². The zero-order valence-corrected chi connectivity index (χ0v) is 16.7. The lowest BCUT2D eigenvalue weighted by atomic mass is 10.1. The van der Waals surface area contributed by atoms with E-state index in [0.29, 0.717) is 49.2 Å². The van der Waals surface area contributed by atoms with Crippen LogP contribution in [0.15, 0.2) is 52.9 Å². The molecule has 0 atom stereocenters. The van der Waals surface area contributed by atoms with Crippen molar-refractivity contribution in [1.29, 1.82) is 0 Å². The summed E-state index contributed by atoms with van der Waals surface area (Å²) in [4.78, 5) is 21.1. The number of carbonyl (C=O) groups excluding carboxylic acids is 1. The molecule has 0 saturated carbocycles. The van der Waals surface area contributed by atoms with Crippen molar-refractivity contribution in [3.8, 4) is 11.5 Å². The number of para-hydroxylation sites is 1. The van der Waals surface area contributed by atoms with Crippen molar-refractivity contribution in [2.24, 2.45) is 0 Å². The van der Waals surface area contributed by atoms with Crippen molar-refractivity contribution in [3.63, 3.8) is 0 Å². The predicted octanol–water partition coefficient (Wildman–Crippen LogP) is 3.99. The zero-order chi connectivity index (χ0) is 20.4. The molecule has 1 amide bonds. The summed E-state index contributed by atoms with van der Waals surface area (Å²) in [5.41, 5.74) is 3.30. The van der Waals surface area contributed by atoms with Gasteiger partial charge in [0.15, 0.2) is 0 Å². The van der Waals surface area contributed by atoms with E-state index in [-0.39, 0.29) is 18.1 Å². The number of aromatic nitrogens is 1. The third-order valence-electron chi connectivity index (χ3n) is 5.30. The Hall–Kier alpha value is -3.15. The highest BCUT2D eigenvalue weighted by atomic mass is 19.1. The number of rotatable bonds is 4. The second-order valence-corrected chi connectivity index (χ2v) is 7.39. The molecular weight excluding hydrogens is 369 g/mol. The van der Waals surface area contributed by atoms with Crippen molar-refractivity contribution in [1.82, 2.24) is 9.88 Å². The van der Waals surface area contributed by atoms with Gasteiger partial charge in [0.1, 0.15) is 11.6 Å². The summed E-state index contributed by atoms with van der Waals surface area (Å²) < 4.78 is 19.8. The Kier molecular flexibility index (Phi) is 5.34. The number of piperazine rings is 1. The standard InChI is InChI=1S/C23H24FN3O2/c1-16-6-5-7-18(14-16)23-25-20(17(2)29-23)15-22(28)27-12-10-26(11-13-27)21-9-4-3-8-19(21)24/h3-9,14H,10-13,15H2,1-2H3. The molecule has 0 unspecified atom stereocenters. The maximum atomic E-state index is 14.0. The normalized spacial score (nSPS) is 14.3. The molecule has 29 heavy (non-hydrogen) atoms. The number of benzene rings is 2. The Morgan fingerprint density at radius 2 is 1.83 bits per heavy atom. The molecule has 4 rings (SSSR count). The Morgan fingerprint density at radius 1 is 1.07 bits per heavy atom. The van der Waals surface area contributed by atoms with Crippen molar-refractivity contribution in [2.75, 3.05) is 31.1 Å². The van der Waals surface area contributed by atoms with Gasteiger partial charge in [0, 0.05) is 31.7 Å². The fraction of sp³-hybridized carbons (Fsp3) is 0.304. The van der Waals surface area contributed by atoms with Crippen molar-refractivity contribution in [3.05, 3.63) is 71.4 Å². The van der Waals surface area contributed by atoms with Gasteiger partial charge < -0.3 is 14.2 Å². The van der Waals surface area contributed by atoms with Crippen LogP contribution >= 0.6 is 0 Å². The van der Waals surface area contributed by atoms with E-state index in [9.17, 15) is 9.18 Å². The minimum absolute atomic E-state index is 0.0189. The minimum atomic E-state index is -0.228. The fourth-order valence-electron chi connectivity index (χ4n) is 3.65. The van der Waals surface area contributed by atoms with Crippen LogP contribution in [0.5, 0.6) is 0 Å². The third kappa shape index (κ3) is 4.16. The first kappa shape index (κ1) is 19.2. The largest absolute Gasteiger partial charge is 0.441 e. The molecule has 2 heterocycles. The fourth-order valence-corrected chi connectivity index (χ4v) is 3.65. The van der Waals surface area contributed by atoms with Gasteiger partial charge in [-0.3, -0.25) is 4.79 Å². The molecule has 1 aliphatic rings. The van der Waals surface area contributed by atoms with E-state index in [1.54, 1.807) is 12.1 Å². The summed E-state index contributed by atoms with van der Waals surface area (Å²) in [6.07, 6.45) is 0.209. The number of carbonyl (C=O) groups is 1. The monoisotopic (exact) mass is 393 g/mol. The third-order valence-corrected chi connectivity index (χ3v) is 5.30. The van der Waals surface area contributed by atoms with Crippen molar-refractivity contribution >= 4 is 11.6 Å². The number of hydrogen-bond acceptors (Lipinski definition) is 4. The van der Waals surface area contributed by atoms with Gasteiger partial charge in [-0.1, -0.05) is 29.8 Å². The Balaban J connectivity index is 1.40. The molecule has 0 bridgehead atoms. The molecule has 0 spiro atoms. The summed E-state index contributed by atoms with van der Waals surface area (Å²) in [7, 11) is 0. The number of hydrogen-bond donors (Lipinski definition) is 0. The lowest BCUT2D eigenvalue weighted by molar-refractivity contribution is -0.130. The molecular formula is C23H24FN3O2. The highest BCUT2D eigenvalue weighted by Crippen LogP contribution is 2.24. The molecule has 2 aromatic carbocycles. The molecule has 5 nitrogen and oxygen atoms in total. The second kappa shape index (κ2) is 8.07. The molecule has 0 aliphatic carbocycles. The number of anilines is 1. The van der Waals surface area contributed by atoms with Gasteiger partial charge >= 0.3 is 0 Å². The van der Waals surface area contributed by atoms with Gasteiger partial charge in [-0.15, -0.1) is 0 Å². The quantitative estimate of drug-likeness (QED) is 0.673. The van der Waals surface area contributed by atoms with E-state index >= 15 is 0 Å². The van der Waals surface area contributed by atoms with Crippen LogP contribution in [0.1, 0.15) is 17.0 Å². The Labute approximate surface area is 169 Å². The lowest BCUT2D eigenvalue weighted by Crippen LogP contribution is -2.49. The summed E-state index contributed by atoms with van der Waals surface area (Å²) in [5, 5.41) is 0. The van der Waals surface area contributed by atoms with Crippen molar-refractivity contribution in [2.45, 2.75) is 20.3 Å². The van der Waals surface area contributed by atoms with Crippen LogP contribution in [0, 0.1) is 19.7 Å². The number of amides is 1. The number of nitrogens with zero attached hydrogens (tertiary/aromatic N) is 3. The number of oxazole rings is 1. The molecule has 1 fully saturated rings. The first-order valence-corrected chi connectivity index (χ1v) is 9.82. The SMILES string of the molecule is Cc1cccc(-c2nc(CC(=O)N3CCN(c4ccccc4F)CC3)c(C)o2)c1. The van der Waals surface area contributed by atoms with Gasteiger partial charge in [-0.05, 0) is 38.1 Å². The van der Waals surface area contributed by atoms with Gasteiger partial charge in [0.2, 0.25) is 11.8 Å². The average molecular weight is 393 g/mol. The van der Waals surface area contributed by atoms with E-state index in [0.717, 1.165) is 11.1 Å². The van der Waals surface area contributed by atoms with Crippen LogP contribution in [-0.4, -0.2) is 42.0 Å². The van der Waals surface area contributed by atoms with Gasteiger partial charge in [-0.2, -0.15) is 0 Å².